The molecule has 2 aliphatic rings. The Morgan fingerprint density at radius 3 is 2.63 bits per heavy atom. The van der Waals surface area contributed by atoms with Gasteiger partial charge in [-0.2, -0.15) is 0 Å². The number of nitrogens with zero attached hydrogens (tertiary/aromatic N) is 2. The van der Waals surface area contributed by atoms with Crippen molar-refractivity contribution in [3.63, 3.8) is 0 Å². The molecule has 0 aromatic carbocycles. The fourth-order valence-electron chi connectivity index (χ4n) is 3.92. The van der Waals surface area contributed by atoms with E-state index in [1.165, 1.54) is 17.8 Å². The fraction of sp³-hybridized carbons (Fsp3) is 0.737. The lowest BCUT2D eigenvalue weighted by Gasteiger charge is -2.34. The van der Waals surface area contributed by atoms with Gasteiger partial charge in [-0.05, 0) is 26.7 Å². The number of rotatable bonds is 6. The Morgan fingerprint density at radius 2 is 1.93 bits per heavy atom. The van der Waals surface area contributed by atoms with Gasteiger partial charge in [-0.15, -0.1) is 11.3 Å². The van der Waals surface area contributed by atoms with Gasteiger partial charge in [0.1, 0.15) is 0 Å². The van der Waals surface area contributed by atoms with Crippen molar-refractivity contribution in [2.24, 2.45) is 5.92 Å². The third kappa shape index (κ3) is 6.26. The van der Waals surface area contributed by atoms with E-state index in [-0.39, 0.29) is 36.5 Å². The first-order valence-electron chi connectivity index (χ1n) is 9.89. The maximum Gasteiger partial charge on any atom is 0.245 e. The molecule has 150 valence electrons. The van der Waals surface area contributed by atoms with Gasteiger partial charge < -0.3 is 15.4 Å². The van der Waals surface area contributed by atoms with E-state index in [0.717, 1.165) is 51.0 Å². The molecule has 1 saturated carbocycles. The molecule has 1 aliphatic carbocycles. The number of nitrogens with one attached hydrogen (secondary N) is 2. The quantitative estimate of drug-likeness (QED) is 0.774. The van der Waals surface area contributed by atoms with Crippen molar-refractivity contribution in [2.45, 2.75) is 64.7 Å². The molecule has 8 heteroatoms. The highest BCUT2D eigenvalue weighted by atomic mass is 32.1. The fourth-order valence-corrected chi connectivity index (χ4v) is 4.64. The third-order valence-electron chi connectivity index (χ3n) is 5.08. The van der Waals surface area contributed by atoms with Crippen molar-refractivity contribution < 1.29 is 14.3 Å². The van der Waals surface area contributed by atoms with E-state index in [2.05, 4.69) is 34.4 Å². The molecule has 1 saturated heterocycles. The first kappa shape index (κ1) is 20.2. The maximum absolute atomic E-state index is 12.1. The highest BCUT2D eigenvalue weighted by molar-refractivity contribution is 7.13. The minimum Gasteiger partial charge on any atom is -0.373 e. The van der Waals surface area contributed by atoms with E-state index in [9.17, 15) is 9.59 Å². The Balaban J connectivity index is 1.41. The number of amides is 2. The van der Waals surface area contributed by atoms with Crippen molar-refractivity contribution >= 4 is 28.3 Å². The Morgan fingerprint density at radius 1 is 1.22 bits per heavy atom. The highest BCUT2D eigenvalue weighted by Gasteiger charge is 2.23. The molecule has 2 heterocycles. The van der Waals surface area contributed by atoms with Crippen LogP contribution in [0.2, 0.25) is 0 Å². The lowest BCUT2D eigenvalue weighted by atomic mass is 9.89. The first-order valence-corrected chi connectivity index (χ1v) is 10.8. The average Bonchev–Trinajstić information content (AvgIpc) is 3.06. The summed E-state index contributed by atoms with van der Waals surface area (Å²) in [5.74, 6) is -0.162. The summed E-state index contributed by atoms with van der Waals surface area (Å²) in [5, 5.41) is 8.10. The number of carbonyl (C=O) groups is 2. The van der Waals surface area contributed by atoms with Crippen molar-refractivity contribution in [1.82, 2.24) is 15.2 Å². The van der Waals surface area contributed by atoms with E-state index >= 15 is 0 Å². The number of carbonyl (C=O) groups excluding carboxylic acids is 2. The number of thiazole rings is 1. The van der Waals surface area contributed by atoms with Gasteiger partial charge in [0.05, 0.1) is 24.4 Å². The van der Waals surface area contributed by atoms with Crippen LogP contribution in [0, 0.1) is 5.92 Å². The van der Waals surface area contributed by atoms with Crippen LogP contribution in [0.5, 0.6) is 0 Å². The summed E-state index contributed by atoms with van der Waals surface area (Å²) in [6.07, 6.45) is 5.72. The van der Waals surface area contributed by atoms with Crippen molar-refractivity contribution in [2.75, 3.05) is 25.0 Å². The van der Waals surface area contributed by atoms with E-state index in [4.69, 9.17) is 4.74 Å². The minimum absolute atomic E-state index is 0.000217. The normalized spacial score (nSPS) is 24.5. The Hall–Kier alpha value is -1.51. The van der Waals surface area contributed by atoms with Gasteiger partial charge in [0.25, 0.3) is 0 Å². The molecule has 2 atom stereocenters. The third-order valence-corrected chi connectivity index (χ3v) is 5.88. The van der Waals surface area contributed by atoms with Crippen LogP contribution in [0.25, 0.3) is 0 Å². The predicted octanol–water partition coefficient (Wildman–Crippen LogP) is 2.39. The van der Waals surface area contributed by atoms with Gasteiger partial charge in [0.2, 0.25) is 11.8 Å². The van der Waals surface area contributed by atoms with Crippen LogP contribution < -0.4 is 10.6 Å². The number of hydrogen-bond acceptors (Lipinski definition) is 6. The number of hydrogen-bond donors (Lipinski definition) is 2. The Kier molecular flexibility index (Phi) is 7.20. The summed E-state index contributed by atoms with van der Waals surface area (Å²) in [5.41, 5.74) is 0.947. The second kappa shape index (κ2) is 9.61. The van der Waals surface area contributed by atoms with Crippen molar-refractivity contribution in [3.05, 3.63) is 11.1 Å². The molecule has 1 aromatic rings. The molecule has 2 amide bonds. The van der Waals surface area contributed by atoms with E-state index in [1.807, 2.05) is 5.38 Å². The van der Waals surface area contributed by atoms with Gasteiger partial charge in [0.15, 0.2) is 5.13 Å². The average molecular weight is 395 g/mol. The van der Waals surface area contributed by atoms with Crippen LogP contribution in [0.15, 0.2) is 5.38 Å². The van der Waals surface area contributed by atoms with E-state index in [0.29, 0.717) is 5.13 Å². The molecule has 0 radical (unpaired) electrons. The van der Waals surface area contributed by atoms with Gasteiger partial charge in [0, 0.05) is 30.9 Å². The SMILES string of the molecule is CC1CN(Cc2csc(NC(=O)CNC(=O)C3CCCCC3)n2)CC(C)O1. The molecule has 2 unspecified atom stereocenters. The monoisotopic (exact) mass is 394 g/mol. The zero-order valence-electron chi connectivity index (χ0n) is 16.2. The summed E-state index contributed by atoms with van der Waals surface area (Å²) in [7, 11) is 0. The molecule has 27 heavy (non-hydrogen) atoms. The van der Waals surface area contributed by atoms with Crippen molar-refractivity contribution in [1.29, 1.82) is 0 Å². The van der Waals surface area contributed by atoms with Gasteiger partial charge in [-0.3, -0.25) is 14.5 Å². The molecule has 1 aliphatic heterocycles. The summed E-state index contributed by atoms with van der Waals surface area (Å²) < 4.78 is 5.75. The van der Waals surface area contributed by atoms with Gasteiger partial charge in [-0.25, -0.2) is 4.98 Å². The number of morpholine rings is 1. The summed E-state index contributed by atoms with van der Waals surface area (Å²) in [6, 6.07) is 0. The lowest BCUT2D eigenvalue weighted by Crippen LogP contribution is -2.44. The first-order chi connectivity index (χ1) is 13.0. The molecule has 7 nitrogen and oxygen atoms in total. The topological polar surface area (TPSA) is 83.6 Å². The largest absolute Gasteiger partial charge is 0.373 e. The van der Waals surface area contributed by atoms with Crippen LogP contribution in [0.1, 0.15) is 51.6 Å². The molecular formula is C19H30N4O3S. The Labute approximate surface area is 164 Å². The maximum atomic E-state index is 12.1. The molecule has 2 fully saturated rings. The van der Waals surface area contributed by atoms with Crippen LogP contribution in [0.3, 0.4) is 0 Å². The zero-order valence-corrected chi connectivity index (χ0v) is 17.0. The zero-order chi connectivity index (χ0) is 19.2. The molecule has 2 N–H and O–H groups in total. The van der Waals surface area contributed by atoms with E-state index in [1.54, 1.807) is 0 Å². The van der Waals surface area contributed by atoms with Crippen LogP contribution in [-0.4, -0.2) is 53.5 Å². The summed E-state index contributed by atoms with van der Waals surface area (Å²) in [4.78, 5) is 31.0. The molecule has 3 rings (SSSR count). The highest BCUT2D eigenvalue weighted by Crippen LogP contribution is 2.23. The van der Waals surface area contributed by atoms with Gasteiger partial charge >= 0.3 is 0 Å². The van der Waals surface area contributed by atoms with Gasteiger partial charge in [-0.1, -0.05) is 19.3 Å². The molecule has 0 bridgehead atoms. The van der Waals surface area contributed by atoms with Crippen LogP contribution in [-0.2, 0) is 20.9 Å². The Bertz CT molecular complexity index is 635. The number of ether oxygens (including phenoxy) is 1. The molecular weight excluding hydrogens is 364 g/mol. The standard InChI is InChI=1S/C19H30N4O3S/c1-13-9-23(10-14(2)26-13)11-16-12-27-19(21-16)22-17(24)8-20-18(25)15-6-4-3-5-7-15/h12-15H,3-11H2,1-2H3,(H,20,25)(H,21,22,24). The second-order valence-corrected chi connectivity index (χ2v) is 8.55. The summed E-state index contributed by atoms with van der Waals surface area (Å²) in [6.45, 7) is 6.69. The molecule has 0 spiro atoms. The summed E-state index contributed by atoms with van der Waals surface area (Å²) >= 11 is 1.42. The predicted molar refractivity (Wildman–Crippen MR) is 106 cm³/mol. The second-order valence-electron chi connectivity index (χ2n) is 7.70. The van der Waals surface area contributed by atoms with E-state index < -0.39 is 0 Å². The van der Waals surface area contributed by atoms with Crippen molar-refractivity contribution in [3.8, 4) is 0 Å². The van der Waals surface area contributed by atoms with Crippen LogP contribution >= 0.6 is 11.3 Å². The number of anilines is 1. The molecule has 1 aromatic heterocycles. The lowest BCUT2D eigenvalue weighted by molar-refractivity contribution is -0.128. The smallest absolute Gasteiger partial charge is 0.245 e. The number of aromatic nitrogens is 1. The minimum atomic E-state index is -0.228. The van der Waals surface area contributed by atoms with Crippen LogP contribution in [0.4, 0.5) is 5.13 Å².